The summed E-state index contributed by atoms with van der Waals surface area (Å²) in [7, 11) is 0. The van der Waals surface area contributed by atoms with Gasteiger partial charge in [0.1, 0.15) is 16.1 Å². The number of carbonyl (C=O) groups excluding carboxylic acids is 2. The van der Waals surface area contributed by atoms with Gasteiger partial charge >= 0.3 is 0 Å². The number of furan rings is 1. The molecule has 1 aliphatic rings. The molecule has 0 saturated carbocycles. The van der Waals surface area contributed by atoms with Gasteiger partial charge in [-0.1, -0.05) is 24.0 Å². The topological polar surface area (TPSA) is 80.4 Å². The maximum absolute atomic E-state index is 12.6. The predicted molar refractivity (Wildman–Crippen MR) is 103 cm³/mol. The monoisotopic (exact) mass is 390 g/mol. The molecule has 1 N–H and O–H groups in total. The van der Waals surface area contributed by atoms with E-state index in [1.807, 2.05) is 10.8 Å². The Morgan fingerprint density at radius 2 is 2.38 bits per heavy atom. The highest BCUT2D eigenvalue weighted by Crippen LogP contribution is 2.33. The molecule has 9 heteroatoms. The molecule has 1 fully saturated rings. The molecule has 136 valence electrons. The van der Waals surface area contributed by atoms with Crippen LogP contribution in [-0.2, 0) is 16.1 Å². The van der Waals surface area contributed by atoms with Crippen LogP contribution >= 0.6 is 24.0 Å². The second-order valence-corrected chi connectivity index (χ2v) is 7.36. The van der Waals surface area contributed by atoms with Gasteiger partial charge in [-0.3, -0.25) is 14.5 Å². The Balaban J connectivity index is 1.54. The van der Waals surface area contributed by atoms with E-state index in [-0.39, 0.29) is 11.8 Å². The molecule has 7 nitrogen and oxygen atoms in total. The van der Waals surface area contributed by atoms with E-state index >= 15 is 0 Å². The lowest BCUT2D eigenvalue weighted by Crippen LogP contribution is -2.47. The van der Waals surface area contributed by atoms with Crippen LogP contribution in [0.5, 0.6) is 0 Å². The molecule has 1 aliphatic heterocycles. The highest BCUT2D eigenvalue weighted by molar-refractivity contribution is 8.26. The largest absolute Gasteiger partial charge is 0.465 e. The minimum Gasteiger partial charge on any atom is -0.465 e. The Kier molecular flexibility index (Phi) is 5.89. The van der Waals surface area contributed by atoms with Gasteiger partial charge in [-0.25, -0.2) is 4.98 Å². The zero-order valence-electron chi connectivity index (χ0n) is 14.1. The molecule has 0 aromatic carbocycles. The van der Waals surface area contributed by atoms with Gasteiger partial charge in [0.25, 0.3) is 5.91 Å². The number of rotatable bonds is 7. The molecule has 3 heterocycles. The van der Waals surface area contributed by atoms with Crippen LogP contribution in [0.3, 0.4) is 0 Å². The lowest BCUT2D eigenvalue weighted by atomic mass is 10.2. The summed E-state index contributed by atoms with van der Waals surface area (Å²) in [4.78, 5) is 30.7. The predicted octanol–water partition coefficient (Wildman–Crippen LogP) is 2.27. The molecule has 0 radical (unpaired) electrons. The maximum atomic E-state index is 12.6. The highest BCUT2D eigenvalue weighted by Gasteiger charge is 2.38. The van der Waals surface area contributed by atoms with Crippen molar-refractivity contribution < 1.29 is 14.0 Å². The third-order valence-corrected chi connectivity index (χ3v) is 5.19. The smallest absolute Gasteiger partial charge is 0.267 e. The molecule has 1 saturated heterocycles. The lowest BCUT2D eigenvalue weighted by molar-refractivity contribution is -0.132. The number of nitrogens with zero attached hydrogens (tertiary/aromatic N) is 3. The first kappa shape index (κ1) is 18.4. The van der Waals surface area contributed by atoms with Crippen molar-refractivity contribution in [3.8, 4) is 0 Å². The zero-order chi connectivity index (χ0) is 18.5. The van der Waals surface area contributed by atoms with Crippen molar-refractivity contribution in [2.45, 2.75) is 25.9 Å². The normalized spacial score (nSPS) is 17.1. The first-order valence-electron chi connectivity index (χ1n) is 8.10. The van der Waals surface area contributed by atoms with Crippen molar-refractivity contribution in [1.82, 2.24) is 19.8 Å². The number of hydrogen-bond donors (Lipinski definition) is 1. The zero-order valence-corrected chi connectivity index (χ0v) is 15.8. The number of hydrogen-bond acceptors (Lipinski definition) is 6. The number of carbonyl (C=O) groups is 2. The highest BCUT2D eigenvalue weighted by atomic mass is 32.2. The van der Waals surface area contributed by atoms with E-state index < -0.39 is 6.04 Å². The van der Waals surface area contributed by atoms with Gasteiger partial charge in [0.15, 0.2) is 0 Å². The first-order valence-corrected chi connectivity index (χ1v) is 9.33. The molecular formula is C17H18N4O3S2. The van der Waals surface area contributed by atoms with Crippen LogP contribution < -0.4 is 5.32 Å². The second kappa shape index (κ2) is 8.33. The summed E-state index contributed by atoms with van der Waals surface area (Å²) < 4.78 is 7.54. The molecule has 0 spiro atoms. The third kappa shape index (κ3) is 4.23. The molecule has 0 bridgehead atoms. The van der Waals surface area contributed by atoms with Crippen molar-refractivity contribution in [2.24, 2.45) is 0 Å². The fraction of sp³-hybridized carbons (Fsp3) is 0.294. The van der Waals surface area contributed by atoms with Gasteiger partial charge in [-0.2, -0.15) is 0 Å². The molecule has 0 unspecified atom stereocenters. The van der Waals surface area contributed by atoms with Crippen molar-refractivity contribution in [1.29, 1.82) is 0 Å². The Morgan fingerprint density at radius 3 is 3.08 bits per heavy atom. The third-order valence-electron chi connectivity index (χ3n) is 3.86. The van der Waals surface area contributed by atoms with Gasteiger partial charge in [-0.05, 0) is 25.5 Å². The Hall–Kier alpha value is -2.39. The summed E-state index contributed by atoms with van der Waals surface area (Å²) in [5.74, 6) is 0.0609. The van der Waals surface area contributed by atoms with Gasteiger partial charge < -0.3 is 14.3 Å². The van der Waals surface area contributed by atoms with Crippen molar-refractivity contribution in [3.05, 3.63) is 47.8 Å². The molecule has 2 aromatic heterocycles. The summed E-state index contributed by atoms with van der Waals surface area (Å²) in [6.45, 7) is 2.95. The van der Waals surface area contributed by atoms with Crippen molar-refractivity contribution in [3.63, 3.8) is 0 Å². The van der Waals surface area contributed by atoms with Gasteiger partial charge in [0.05, 0.1) is 17.5 Å². The first-order chi connectivity index (χ1) is 12.6. The molecular weight excluding hydrogens is 372 g/mol. The number of thiocarbonyl (C=S) groups is 1. The Labute approximate surface area is 160 Å². The van der Waals surface area contributed by atoms with Gasteiger partial charge in [-0.15, -0.1) is 0 Å². The van der Waals surface area contributed by atoms with E-state index in [2.05, 4.69) is 10.3 Å². The van der Waals surface area contributed by atoms with Gasteiger partial charge in [0, 0.05) is 31.6 Å². The number of amides is 2. The number of thioether (sulfide) groups is 1. The van der Waals surface area contributed by atoms with Crippen molar-refractivity contribution in [2.75, 3.05) is 6.54 Å². The lowest BCUT2D eigenvalue weighted by Gasteiger charge is -2.22. The SMILES string of the molecule is C[C@H](C(=O)NCCCn1ccnc1)N1C(=O)/C(=C/c2ccco2)SC1=S. The number of nitrogens with one attached hydrogen (secondary N) is 1. The summed E-state index contributed by atoms with van der Waals surface area (Å²) in [5, 5.41) is 2.85. The molecule has 3 rings (SSSR count). The minimum atomic E-state index is -0.668. The number of imidazole rings is 1. The van der Waals surface area contributed by atoms with Crippen LogP contribution in [0.15, 0.2) is 46.4 Å². The molecule has 1 atom stereocenters. The quantitative estimate of drug-likeness (QED) is 0.444. The van der Waals surface area contributed by atoms with E-state index in [0.717, 1.165) is 13.0 Å². The van der Waals surface area contributed by atoms with E-state index in [9.17, 15) is 9.59 Å². The van der Waals surface area contributed by atoms with Crippen LogP contribution in [0.4, 0.5) is 0 Å². The Morgan fingerprint density at radius 1 is 1.54 bits per heavy atom. The second-order valence-electron chi connectivity index (χ2n) is 5.69. The van der Waals surface area contributed by atoms with E-state index in [1.54, 1.807) is 37.7 Å². The Bertz CT molecular complexity index is 815. The summed E-state index contributed by atoms with van der Waals surface area (Å²) in [6, 6.07) is 2.83. The minimum absolute atomic E-state index is 0.230. The summed E-state index contributed by atoms with van der Waals surface area (Å²) in [6.07, 6.45) is 9.25. The fourth-order valence-electron chi connectivity index (χ4n) is 2.47. The average Bonchev–Trinajstić information content (AvgIpc) is 3.35. The average molecular weight is 390 g/mol. The van der Waals surface area contributed by atoms with E-state index in [4.69, 9.17) is 16.6 Å². The van der Waals surface area contributed by atoms with Crippen LogP contribution in [0.1, 0.15) is 19.1 Å². The summed E-state index contributed by atoms with van der Waals surface area (Å²) >= 11 is 6.45. The number of aryl methyl sites for hydroxylation is 1. The van der Waals surface area contributed by atoms with Crippen LogP contribution in [0, 0.1) is 0 Å². The van der Waals surface area contributed by atoms with Gasteiger partial charge in [0.2, 0.25) is 5.91 Å². The van der Waals surface area contributed by atoms with Crippen LogP contribution in [0.2, 0.25) is 0 Å². The molecule has 2 aromatic rings. The van der Waals surface area contributed by atoms with E-state index in [0.29, 0.717) is 21.5 Å². The molecule has 0 aliphatic carbocycles. The standard InChI is InChI=1S/C17H18N4O3S2/c1-12(15(22)19-5-3-7-20-8-6-18-11-20)21-16(23)14(26-17(21)25)10-13-4-2-9-24-13/h2,4,6,8-12H,3,5,7H2,1H3,(H,19,22)/b14-10-/t12-/m1/s1. The molecule has 2 amide bonds. The fourth-order valence-corrected chi connectivity index (χ4v) is 3.87. The van der Waals surface area contributed by atoms with Crippen LogP contribution in [-0.4, -0.2) is 43.2 Å². The maximum Gasteiger partial charge on any atom is 0.267 e. The molecule has 26 heavy (non-hydrogen) atoms. The number of aromatic nitrogens is 2. The summed E-state index contributed by atoms with van der Waals surface area (Å²) in [5.41, 5.74) is 0. The van der Waals surface area contributed by atoms with Crippen LogP contribution in [0.25, 0.3) is 6.08 Å². The van der Waals surface area contributed by atoms with Crippen molar-refractivity contribution >= 4 is 46.2 Å². The van der Waals surface area contributed by atoms with E-state index in [1.165, 1.54) is 22.9 Å².